The molecule has 3 rings (SSSR count). The molecule has 0 saturated heterocycles. The zero-order valence-corrected chi connectivity index (χ0v) is 11.3. The van der Waals surface area contributed by atoms with Gasteiger partial charge in [-0.1, -0.05) is 30.3 Å². The Bertz CT molecular complexity index is 781. The summed E-state index contributed by atoms with van der Waals surface area (Å²) in [6.07, 6.45) is 3.76. The summed E-state index contributed by atoms with van der Waals surface area (Å²) in [4.78, 5) is 4.18. The number of halogens is 2. The molecule has 0 fully saturated rings. The summed E-state index contributed by atoms with van der Waals surface area (Å²) >= 11 is 0. The van der Waals surface area contributed by atoms with Crippen LogP contribution in [0.25, 0.3) is 10.8 Å². The number of rotatable bonds is 3. The molecule has 4 heteroatoms. The van der Waals surface area contributed by atoms with Gasteiger partial charge in [0.1, 0.15) is 11.6 Å². The molecular weight excluding hydrogens is 270 g/mol. The molecule has 106 valence electrons. The van der Waals surface area contributed by atoms with Crippen LogP contribution in [-0.4, -0.2) is 4.98 Å². The van der Waals surface area contributed by atoms with E-state index in [4.69, 9.17) is 5.73 Å². The van der Waals surface area contributed by atoms with Gasteiger partial charge in [-0.15, -0.1) is 0 Å². The normalized spacial score (nSPS) is 12.5. The van der Waals surface area contributed by atoms with Crippen molar-refractivity contribution in [1.82, 2.24) is 4.98 Å². The Labute approximate surface area is 121 Å². The fourth-order valence-electron chi connectivity index (χ4n) is 2.47. The number of hydrogen-bond acceptors (Lipinski definition) is 2. The molecule has 0 aliphatic carbocycles. The Hall–Kier alpha value is -2.33. The van der Waals surface area contributed by atoms with E-state index in [2.05, 4.69) is 4.98 Å². The zero-order chi connectivity index (χ0) is 14.8. The summed E-state index contributed by atoms with van der Waals surface area (Å²) in [7, 11) is 0. The number of hydrogen-bond donors (Lipinski definition) is 1. The maximum Gasteiger partial charge on any atom is 0.129 e. The highest BCUT2D eigenvalue weighted by Crippen LogP contribution is 2.25. The maximum absolute atomic E-state index is 13.7. The van der Waals surface area contributed by atoms with Crippen LogP contribution < -0.4 is 5.73 Å². The van der Waals surface area contributed by atoms with Gasteiger partial charge in [-0.25, -0.2) is 8.78 Å². The van der Waals surface area contributed by atoms with Crippen molar-refractivity contribution < 1.29 is 8.78 Å². The second-order valence-electron chi connectivity index (χ2n) is 5.00. The van der Waals surface area contributed by atoms with Crippen molar-refractivity contribution in [2.75, 3.05) is 0 Å². The molecule has 1 atom stereocenters. The summed E-state index contributed by atoms with van der Waals surface area (Å²) < 4.78 is 26.7. The lowest BCUT2D eigenvalue weighted by molar-refractivity contribution is 0.563. The van der Waals surface area contributed by atoms with Gasteiger partial charge in [0, 0.05) is 29.9 Å². The monoisotopic (exact) mass is 284 g/mol. The van der Waals surface area contributed by atoms with Gasteiger partial charge >= 0.3 is 0 Å². The van der Waals surface area contributed by atoms with E-state index in [1.807, 2.05) is 24.3 Å². The molecule has 0 spiro atoms. The predicted octanol–water partition coefficient (Wildman–Crippen LogP) is 3.76. The van der Waals surface area contributed by atoms with Crippen molar-refractivity contribution in [3.05, 3.63) is 77.6 Å². The highest BCUT2D eigenvalue weighted by molar-refractivity contribution is 5.85. The maximum atomic E-state index is 13.7. The largest absolute Gasteiger partial charge is 0.324 e. The Kier molecular flexibility index (Phi) is 3.62. The molecular formula is C17H14F2N2. The molecule has 1 unspecified atom stereocenters. The van der Waals surface area contributed by atoms with Crippen LogP contribution in [0.3, 0.4) is 0 Å². The average molecular weight is 284 g/mol. The van der Waals surface area contributed by atoms with E-state index in [-0.39, 0.29) is 0 Å². The minimum atomic E-state index is -0.586. The first-order valence-electron chi connectivity index (χ1n) is 6.67. The zero-order valence-electron chi connectivity index (χ0n) is 11.3. The van der Waals surface area contributed by atoms with Crippen LogP contribution in [0.1, 0.15) is 17.2 Å². The second-order valence-corrected chi connectivity index (χ2v) is 5.00. The third-order valence-corrected chi connectivity index (χ3v) is 3.55. The van der Waals surface area contributed by atoms with Gasteiger partial charge in [0.05, 0.1) is 0 Å². The Morgan fingerprint density at radius 3 is 2.67 bits per heavy atom. The van der Waals surface area contributed by atoms with E-state index in [1.165, 1.54) is 12.1 Å². The summed E-state index contributed by atoms with van der Waals surface area (Å²) in [5, 5.41) is 1.99. The lowest BCUT2D eigenvalue weighted by Crippen LogP contribution is -2.15. The molecule has 1 aromatic heterocycles. The molecule has 0 radical (unpaired) electrons. The first-order chi connectivity index (χ1) is 10.1. The predicted molar refractivity (Wildman–Crippen MR) is 78.7 cm³/mol. The van der Waals surface area contributed by atoms with Gasteiger partial charge in [-0.05, 0) is 29.0 Å². The summed E-state index contributed by atoms with van der Waals surface area (Å²) in [6, 6.07) is 10.9. The number of aromatic nitrogens is 1. The fraction of sp³-hybridized carbons (Fsp3) is 0.118. The third kappa shape index (κ3) is 2.76. The molecule has 2 N–H and O–H groups in total. The van der Waals surface area contributed by atoms with Crippen molar-refractivity contribution in [2.45, 2.75) is 12.5 Å². The van der Waals surface area contributed by atoms with Gasteiger partial charge < -0.3 is 5.73 Å². The Morgan fingerprint density at radius 1 is 1.05 bits per heavy atom. The van der Waals surface area contributed by atoms with Crippen molar-refractivity contribution in [3.8, 4) is 0 Å². The third-order valence-electron chi connectivity index (χ3n) is 3.55. The standard InChI is InChI=1S/C17H14F2N2/c18-13-6-5-11(16(19)8-13)7-17(20)15-10-21-9-12-3-1-2-4-14(12)15/h1-6,8-10,17H,7,20H2. The van der Waals surface area contributed by atoms with Crippen molar-refractivity contribution >= 4 is 10.8 Å². The van der Waals surface area contributed by atoms with Crippen LogP contribution in [0.5, 0.6) is 0 Å². The molecule has 1 heterocycles. The molecule has 0 saturated carbocycles. The van der Waals surface area contributed by atoms with E-state index in [0.29, 0.717) is 12.0 Å². The Morgan fingerprint density at radius 2 is 1.86 bits per heavy atom. The minimum absolute atomic E-state index is 0.293. The molecule has 21 heavy (non-hydrogen) atoms. The highest BCUT2D eigenvalue weighted by atomic mass is 19.1. The number of benzene rings is 2. The molecule has 2 nitrogen and oxygen atoms in total. The topological polar surface area (TPSA) is 38.9 Å². The van der Waals surface area contributed by atoms with Crippen molar-refractivity contribution in [1.29, 1.82) is 0 Å². The van der Waals surface area contributed by atoms with E-state index >= 15 is 0 Å². The quantitative estimate of drug-likeness (QED) is 0.795. The lowest BCUT2D eigenvalue weighted by Gasteiger charge is -2.15. The smallest absolute Gasteiger partial charge is 0.129 e. The van der Waals surface area contributed by atoms with Crippen molar-refractivity contribution in [3.63, 3.8) is 0 Å². The van der Waals surface area contributed by atoms with Gasteiger partial charge in [0.25, 0.3) is 0 Å². The average Bonchev–Trinajstić information content (AvgIpc) is 2.49. The first-order valence-corrected chi connectivity index (χ1v) is 6.67. The van der Waals surface area contributed by atoms with Crippen molar-refractivity contribution in [2.24, 2.45) is 5.73 Å². The van der Waals surface area contributed by atoms with E-state index in [1.54, 1.807) is 12.4 Å². The van der Waals surface area contributed by atoms with Crippen LogP contribution in [0.4, 0.5) is 8.78 Å². The van der Waals surface area contributed by atoms with Crippen LogP contribution in [0, 0.1) is 11.6 Å². The van der Waals surface area contributed by atoms with Crippen LogP contribution in [0.2, 0.25) is 0 Å². The highest BCUT2D eigenvalue weighted by Gasteiger charge is 2.14. The molecule has 0 amide bonds. The minimum Gasteiger partial charge on any atom is -0.324 e. The van der Waals surface area contributed by atoms with Gasteiger partial charge in [-0.2, -0.15) is 0 Å². The fourth-order valence-corrected chi connectivity index (χ4v) is 2.47. The van der Waals surface area contributed by atoms with Crippen LogP contribution in [0.15, 0.2) is 54.9 Å². The molecule has 0 aliphatic heterocycles. The Balaban J connectivity index is 1.95. The molecule has 0 bridgehead atoms. The summed E-state index contributed by atoms with van der Waals surface area (Å²) in [5.74, 6) is -1.16. The van der Waals surface area contributed by atoms with Gasteiger partial charge in [0.2, 0.25) is 0 Å². The van der Waals surface area contributed by atoms with Gasteiger partial charge in [-0.3, -0.25) is 4.98 Å². The SMILES string of the molecule is NC(Cc1ccc(F)cc1F)c1cncc2ccccc12. The number of fused-ring (bicyclic) bond motifs is 1. The molecule has 0 aliphatic rings. The molecule has 3 aromatic rings. The second kappa shape index (κ2) is 5.58. The number of nitrogens with zero attached hydrogens (tertiary/aromatic N) is 1. The van der Waals surface area contributed by atoms with Crippen LogP contribution in [-0.2, 0) is 6.42 Å². The number of nitrogens with two attached hydrogens (primary N) is 1. The van der Waals surface area contributed by atoms with Crippen LogP contribution >= 0.6 is 0 Å². The van der Waals surface area contributed by atoms with E-state index in [0.717, 1.165) is 22.4 Å². The van der Waals surface area contributed by atoms with Gasteiger partial charge in [0.15, 0.2) is 0 Å². The first kappa shape index (κ1) is 13.6. The number of pyridine rings is 1. The summed E-state index contributed by atoms with van der Waals surface area (Å²) in [6.45, 7) is 0. The lowest BCUT2D eigenvalue weighted by atomic mass is 9.96. The molecule has 2 aromatic carbocycles. The van der Waals surface area contributed by atoms with E-state index in [9.17, 15) is 8.78 Å². The van der Waals surface area contributed by atoms with E-state index < -0.39 is 17.7 Å². The summed E-state index contributed by atoms with van der Waals surface area (Å²) in [5.41, 5.74) is 7.46.